The maximum absolute atomic E-state index is 11.4. The molecule has 1 aromatic carbocycles. The maximum Gasteiger partial charge on any atom is 0.425 e. The van der Waals surface area contributed by atoms with Crippen LogP contribution in [0.2, 0.25) is 0 Å². The van der Waals surface area contributed by atoms with Gasteiger partial charge in [-0.25, -0.2) is 9.59 Å². The second-order valence-electron chi connectivity index (χ2n) is 2.95. The second-order valence-corrected chi connectivity index (χ2v) is 2.95. The van der Waals surface area contributed by atoms with E-state index in [1.165, 1.54) is 14.2 Å². The largest absolute Gasteiger partial charge is 0.493 e. The number of ether oxygens (including phenoxy) is 3. The Labute approximate surface area is 101 Å². The standard InChI is InChI=1S/C10H8NO7/c1-16-8-3-6(10(13)18-5-12)7(11(14)15)4-9(8)17-2/h3-4H,1-2H3. The lowest BCUT2D eigenvalue weighted by atomic mass is 10.1. The molecule has 1 aromatic rings. The van der Waals surface area contributed by atoms with Crippen LogP contribution in [0.15, 0.2) is 12.1 Å². The molecule has 0 aliphatic carbocycles. The maximum atomic E-state index is 11.4. The van der Waals surface area contributed by atoms with Gasteiger partial charge in [0.2, 0.25) is 0 Å². The quantitative estimate of drug-likeness (QED) is 0.331. The van der Waals surface area contributed by atoms with E-state index in [2.05, 4.69) is 4.74 Å². The van der Waals surface area contributed by atoms with Crippen LogP contribution in [0.1, 0.15) is 10.4 Å². The summed E-state index contributed by atoms with van der Waals surface area (Å²) in [5, 5.41) is 10.8. The first kappa shape index (κ1) is 13.4. The van der Waals surface area contributed by atoms with Crippen molar-refractivity contribution >= 4 is 18.1 Å². The Morgan fingerprint density at radius 1 is 1.28 bits per heavy atom. The summed E-state index contributed by atoms with van der Waals surface area (Å²) < 4.78 is 13.7. The average Bonchev–Trinajstić information content (AvgIpc) is 2.37. The highest BCUT2D eigenvalue weighted by Crippen LogP contribution is 2.34. The number of carbonyl (C=O) groups excluding carboxylic acids is 2. The topological polar surface area (TPSA) is 105 Å². The van der Waals surface area contributed by atoms with Gasteiger partial charge in [0.1, 0.15) is 5.56 Å². The lowest BCUT2D eigenvalue weighted by molar-refractivity contribution is -0.385. The van der Waals surface area contributed by atoms with E-state index in [0.717, 1.165) is 18.6 Å². The molecule has 0 N–H and O–H groups in total. The number of nitro groups is 1. The molecule has 8 heteroatoms. The molecule has 18 heavy (non-hydrogen) atoms. The van der Waals surface area contributed by atoms with Gasteiger partial charge in [0.15, 0.2) is 11.5 Å². The fourth-order valence-electron chi connectivity index (χ4n) is 1.28. The molecule has 0 amide bonds. The summed E-state index contributed by atoms with van der Waals surface area (Å²) in [6, 6.07) is 2.05. The normalized spacial score (nSPS) is 9.44. The van der Waals surface area contributed by atoms with Crippen molar-refractivity contribution in [2.75, 3.05) is 14.2 Å². The molecule has 95 valence electrons. The van der Waals surface area contributed by atoms with Crippen molar-refractivity contribution < 1.29 is 28.7 Å². The molecule has 0 bridgehead atoms. The second kappa shape index (κ2) is 5.62. The number of hydrogen-bond donors (Lipinski definition) is 0. The molecule has 1 rings (SSSR count). The number of carbonyl (C=O) groups is 1. The summed E-state index contributed by atoms with van der Waals surface area (Å²) in [6.45, 7) is 0.904. The van der Waals surface area contributed by atoms with Gasteiger partial charge in [0.05, 0.1) is 25.2 Å². The van der Waals surface area contributed by atoms with Crippen LogP contribution in [-0.2, 0) is 9.53 Å². The monoisotopic (exact) mass is 254 g/mol. The van der Waals surface area contributed by atoms with E-state index in [1.54, 1.807) is 0 Å². The van der Waals surface area contributed by atoms with Crippen molar-refractivity contribution in [1.29, 1.82) is 0 Å². The summed E-state index contributed by atoms with van der Waals surface area (Å²) in [5.41, 5.74) is -0.992. The van der Waals surface area contributed by atoms with Crippen LogP contribution in [-0.4, -0.2) is 31.6 Å². The van der Waals surface area contributed by atoms with Crippen molar-refractivity contribution in [3.05, 3.63) is 27.8 Å². The van der Waals surface area contributed by atoms with Crippen molar-refractivity contribution in [2.24, 2.45) is 0 Å². The molecule has 0 unspecified atom stereocenters. The Hall–Kier alpha value is -2.64. The van der Waals surface area contributed by atoms with Crippen LogP contribution in [0.25, 0.3) is 0 Å². The average molecular weight is 254 g/mol. The predicted octanol–water partition coefficient (Wildman–Crippen LogP) is 0.836. The molecular formula is C10H8NO7. The third-order valence-electron chi connectivity index (χ3n) is 2.05. The summed E-state index contributed by atoms with van der Waals surface area (Å²) in [6.07, 6.45) is 0. The smallest absolute Gasteiger partial charge is 0.425 e. The predicted molar refractivity (Wildman–Crippen MR) is 57.3 cm³/mol. The fourth-order valence-corrected chi connectivity index (χ4v) is 1.28. The van der Waals surface area contributed by atoms with Gasteiger partial charge >= 0.3 is 12.4 Å². The number of benzene rings is 1. The number of methoxy groups -OCH3 is 2. The van der Waals surface area contributed by atoms with E-state index in [1.807, 2.05) is 0 Å². The molecular weight excluding hydrogens is 246 g/mol. The number of nitro benzene ring substituents is 1. The van der Waals surface area contributed by atoms with Gasteiger partial charge in [-0.1, -0.05) is 0 Å². The fraction of sp³-hybridized carbons (Fsp3) is 0.200. The Balaban J connectivity index is 3.42. The first-order chi connectivity index (χ1) is 8.54. The van der Waals surface area contributed by atoms with Crippen LogP contribution in [0.3, 0.4) is 0 Å². The van der Waals surface area contributed by atoms with Gasteiger partial charge in [-0.2, -0.15) is 0 Å². The number of rotatable bonds is 5. The van der Waals surface area contributed by atoms with Gasteiger partial charge in [-0.05, 0) is 0 Å². The minimum atomic E-state index is -1.20. The van der Waals surface area contributed by atoms with Gasteiger partial charge in [-0.15, -0.1) is 0 Å². The van der Waals surface area contributed by atoms with Gasteiger partial charge < -0.3 is 14.2 Å². The van der Waals surface area contributed by atoms with Crippen LogP contribution in [0.4, 0.5) is 5.69 Å². The highest BCUT2D eigenvalue weighted by atomic mass is 16.6. The first-order valence-corrected chi connectivity index (χ1v) is 4.53. The highest BCUT2D eigenvalue weighted by Gasteiger charge is 2.25. The molecule has 0 heterocycles. The summed E-state index contributed by atoms with van der Waals surface area (Å²) >= 11 is 0. The molecule has 0 spiro atoms. The molecule has 0 atom stereocenters. The number of nitrogens with zero attached hydrogens (tertiary/aromatic N) is 1. The van der Waals surface area contributed by atoms with Gasteiger partial charge in [0.25, 0.3) is 5.69 Å². The lowest BCUT2D eigenvalue weighted by Crippen LogP contribution is -2.08. The highest BCUT2D eigenvalue weighted by molar-refractivity contribution is 5.97. The molecule has 1 radical (unpaired) electrons. The molecule has 0 fully saturated rings. The van der Waals surface area contributed by atoms with Crippen molar-refractivity contribution in [2.45, 2.75) is 0 Å². The zero-order chi connectivity index (χ0) is 13.7. The summed E-state index contributed by atoms with van der Waals surface area (Å²) in [5.74, 6) is -1.02. The third-order valence-corrected chi connectivity index (χ3v) is 2.05. The van der Waals surface area contributed by atoms with Crippen LogP contribution >= 0.6 is 0 Å². The van der Waals surface area contributed by atoms with E-state index in [4.69, 9.17) is 9.47 Å². The van der Waals surface area contributed by atoms with E-state index in [-0.39, 0.29) is 11.5 Å². The summed E-state index contributed by atoms with van der Waals surface area (Å²) in [4.78, 5) is 31.3. The Kier molecular flexibility index (Phi) is 4.19. The number of esters is 1. The molecule has 0 saturated heterocycles. The number of hydrogen-bond acceptors (Lipinski definition) is 7. The molecule has 8 nitrogen and oxygen atoms in total. The van der Waals surface area contributed by atoms with Crippen molar-refractivity contribution in [3.63, 3.8) is 0 Å². The molecule has 0 saturated carbocycles. The zero-order valence-electron chi connectivity index (χ0n) is 9.46. The third kappa shape index (κ3) is 2.54. The molecule has 0 aromatic heterocycles. The van der Waals surface area contributed by atoms with Crippen molar-refractivity contribution in [1.82, 2.24) is 0 Å². The molecule has 0 aliphatic rings. The first-order valence-electron chi connectivity index (χ1n) is 4.53. The Bertz CT molecular complexity index is 497. The van der Waals surface area contributed by atoms with E-state index in [0.29, 0.717) is 0 Å². The van der Waals surface area contributed by atoms with Crippen LogP contribution in [0, 0.1) is 10.1 Å². The van der Waals surface area contributed by atoms with Crippen LogP contribution < -0.4 is 9.47 Å². The lowest BCUT2D eigenvalue weighted by Gasteiger charge is -2.08. The SMILES string of the molecule is COc1cc(C(=O)O[C]=O)c([N+](=O)[O-])cc1OC. The van der Waals surface area contributed by atoms with E-state index < -0.39 is 22.1 Å². The summed E-state index contributed by atoms with van der Waals surface area (Å²) in [7, 11) is 2.59. The Morgan fingerprint density at radius 2 is 1.83 bits per heavy atom. The van der Waals surface area contributed by atoms with Crippen LogP contribution in [0.5, 0.6) is 11.5 Å². The van der Waals surface area contributed by atoms with Gasteiger partial charge in [-0.3, -0.25) is 10.1 Å². The van der Waals surface area contributed by atoms with E-state index >= 15 is 0 Å². The minimum absolute atomic E-state index is 0.0795. The van der Waals surface area contributed by atoms with Crippen molar-refractivity contribution in [3.8, 4) is 11.5 Å². The minimum Gasteiger partial charge on any atom is -0.493 e. The van der Waals surface area contributed by atoms with E-state index in [9.17, 15) is 19.7 Å². The zero-order valence-corrected chi connectivity index (χ0v) is 9.46. The Morgan fingerprint density at radius 3 is 2.28 bits per heavy atom. The molecule has 0 aliphatic heterocycles. The van der Waals surface area contributed by atoms with Gasteiger partial charge in [0, 0.05) is 6.07 Å².